The van der Waals surface area contributed by atoms with Gasteiger partial charge in [-0.05, 0) is 0 Å². The first-order chi connectivity index (χ1) is 9.92. The van der Waals surface area contributed by atoms with E-state index in [9.17, 15) is 4.79 Å². The third-order valence-electron chi connectivity index (χ3n) is 3.53. The zero-order chi connectivity index (χ0) is 15.8. The quantitative estimate of drug-likeness (QED) is 0.729. The standard InChI is InChI=1S/C16H17ClO4.Y/c1-6-7-16(9(2)3)15(18)12-10(19-4)8-11(20-5)13(17)14(12)21-16;/h7-9H,2H2,1,3-5H3;/q-2;/t9-,16+;/m0./s1. The molecule has 0 amide bonds. The number of carbonyl (C=O) groups is 1. The molecule has 1 radical (unpaired) electrons. The molecule has 22 heavy (non-hydrogen) atoms. The first kappa shape index (κ1) is 19.5. The van der Waals surface area contributed by atoms with Crippen LogP contribution in [0.3, 0.4) is 0 Å². The Bertz CT molecular complexity index is 613. The SMILES string of the molecule is [CH2-][C@@H](C)[C@@]1(C=[C-]C)Oc2c(Cl)c(OC)cc(OC)c2C1=O.[Y]. The molecule has 1 aliphatic heterocycles. The van der Waals surface area contributed by atoms with Crippen molar-refractivity contribution in [1.29, 1.82) is 0 Å². The molecule has 2 atom stereocenters. The van der Waals surface area contributed by atoms with E-state index in [2.05, 4.69) is 13.0 Å². The van der Waals surface area contributed by atoms with Crippen LogP contribution in [-0.2, 0) is 32.7 Å². The molecule has 1 aromatic rings. The Kier molecular flexibility index (Phi) is 6.49. The summed E-state index contributed by atoms with van der Waals surface area (Å²) in [5, 5.41) is 0.244. The van der Waals surface area contributed by atoms with Crippen LogP contribution >= 0.6 is 11.6 Å². The molecule has 0 spiro atoms. The number of hydrogen-bond acceptors (Lipinski definition) is 4. The van der Waals surface area contributed by atoms with E-state index in [1.165, 1.54) is 14.2 Å². The second-order valence-corrected chi connectivity index (χ2v) is 5.24. The maximum Gasteiger partial charge on any atom is 0.212 e. The fourth-order valence-electron chi connectivity index (χ4n) is 2.40. The van der Waals surface area contributed by atoms with E-state index in [0.717, 1.165) is 0 Å². The second-order valence-electron chi connectivity index (χ2n) is 4.86. The van der Waals surface area contributed by atoms with Gasteiger partial charge in [0.2, 0.25) is 5.78 Å². The number of rotatable bonds is 4. The summed E-state index contributed by atoms with van der Waals surface area (Å²) in [5.41, 5.74) is -0.911. The van der Waals surface area contributed by atoms with Crippen molar-refractivity contribution < 1.29 is 51.7 Å². The first-order valence-electron chi connectivity index (χ1n) is 6.46. The van der Waals surface area contributed by atoms with Crippen LogP contribution in [0.4, 0.5) is 0 Å². The molecule has 0 aliphatic carbocycles. The summed E-state index contributed by atoms with van der Waals surface area (Å²) in [6.45, 7) is 7.44. The fraction of sp³-hybridized carbons (Fsp3) is 0.375. The molecule has 0 fully saturated rings. The van der Waals surface area contributed by atoms with Gasteiger partial charge in [-0.3, -0.25) is 4.79 Å². The third-order valence-corrected chi connectivity index (χ3v) is 3.89. The van der Waals surface area contributed by atoms with Gasteiger partial charge in [0.25, 0.3) is 0 Å². The van der Waals surface area contributed by atoms with Gasteiger partial charge in [-0.1, -0.05) is 18.5 Å². The molecule has 1 heterocycles. The Morgan fingerprint density at radius 1 is 1.41 bits per heavy atom. The monoisotopic (exact) mass is 397 g/mol. The van der Waals surface area contributed by atoms with Crippen LogP contribution in [0.5, 0.6) is 17.2 Å². The summed E-state index contributed by atoms with van der Waals surface area (Å²) in [6, 6.07) is 1.58. The van der Waals surface area contributed by atoms with Crippen molar-refractivity contribution >= 4 is 17.4 Å². The molecule has 0 saturated carbocycles. The predicted octanol–water partition coefficient (Wildman–Crippen LogP) is 3.52. The molecule has 1 aliphatic rings. The van der Waals surface area contributed by atoms with E-state index in [1.807, 2.05) is 0 Å². The average Bonchev–Trinajstić information content (AvgIpc) is 2.76. The van der Waals surface area contributed by atoms with Gasteiger partial charge in [-0.15, -0.1) is 5.92 Å². The topological polar surface area (TPSA) is 44.8 Å². The van der Waals surface area contributed by atoms with Crippen molar-refractivity contribution in [3.63, 3.8) is 0 Å². The normalized spacial score (nSPS) is 21.1. The minimum Gasteiger partial charge on any atom is -0.500 e. The molecule has 4 nitrogen and oxygen atoms in total. The minimum absolute atomic E-state index is 0. The molecule has 2 rings (SSSR count). The van der Waals surface area contributed by atoms with Crippen LogP contribution in [0.2, 0.25) is 5.02 Å². The Morgan fingerprint density at radius 3 is 2.45 bits per heavy atom. The third kappa shape index (κ3) is 2.81. The molecule has 1 aromatic carbocycles. The van der Waals surface area contributed by atoms with E-state index in [1.54, 1.807) is 26.0 Å². The van der Waals surface area contributed by atoms with Crippen LogP contribution in [0.1, 0.15) is 24.2 Å². The van der Waals surface area contributed by atoms with E-state index in [-0.39, 0.29) is 55.2 Å². The molecule has 0 N–H and O–H groups in total. The van der Waals surface area contributed by atoms with Gasteiger partial charge in [0.1, 0.15) is 27.7 Å². The number of halogens is 1. The van der Waals surface area contributed by atoms with Gasteiger partial charge in [0, 0.05) is 38.8 Å². The summed E-state index contributed by atoms with van der Waals surface area (Å²) in [7, 11) is 2.96. The molecule has 0 aromatic heterocycles. The molecule has 0 unspecified atom stereocenters. The fourth-order valence-corrected chi connectivity index (χ4v) is 2.66. The van der Waals surface area contributed by atoms with Gasteiger partial charge in [-0.2, -0.15) is 6.92 Å². The van der Waals surface area contributed by atoms with Crippen LogP contribution in [0.15, 0.2) is 12.1 Å². The van der Waals surface area contributed by atoms with Crippen LogP contribution in [0, 0.1) is 18.9 Å². The molecule has 0 bridgehead atoms. The second kappa shape index (κ2) is 7.33. The first-order valence-corrected chi connectivity index (χ1v) is 6.83. The van der Waals surface area contributed by atoms with E-state index >= 15 is 0 Å². The predicted molar refractivity (Wildman–Crippen MR) is 80.3 cm³/mol. The van der Waals surface area contributed by atoms with Crippen molar-refractivity contribution in [2.45, 2.75) is 19.4 Å². The van der Waals surface area contributed by atoms with E-state index < -0.39 is 5.60 Å². The number of benzene rings is 1. The zero-order valence-electron chi connectivity index (χ0n) is 13.0. The van der Waals surface area contributed by atoms with E-state index in [0.29, 0.717) is 17.1 Å². The Hall–Kier alpha value is -0.576. The molecule has 6 heteroatoms. The van der Waals surface area contributed by atoms with Crippen molar-refractivity contribution in [2.75, 3.05) is 14.2 Å². The van der Waals surface area contributed by atoms with Crippen molar-refractivity contribution in [2.24, 2.45) is 5.92 Å². The number of allylic oxidation sites excluding steroid dienone is 1. The van der Waals surface area contributed by atoms with Gasteiger partial charge in [0.05, 0.1) is 14.2 Å². The molecule has 0 saturated heterocycles. The van der Waals surface area contributed by atoms with Crippen molar-refractivity contribution in [3.05, 3.63) is 35.7 Å². The summed E-state index contributed by atoms with van der Waals surface area (Å²) in [4.78, 5) is 12.9. The maximum absolute atomic E-state index is 12.9. The Balaban J connectivity index is 0.00000242. The number of methoxy groups -OCH3 is 2. The van der Waals surface area contributed by atoms with Gasteiger partial charge >= 0.3 is 0 Å². The van der Waals surface area contributed by atoms with Crippen LogP contribution in [0.25, 0.3) is 0 Å². The number of Topliss-reactive ketones (excluding diaryl/α,β-unsaturated/α-hetero) is 1. The largest absolute Gasteiger partial charge is 0.500 e. The number of hydrogen-bond donors (Lipinski definition) is 0. The summed E-state index contributed by atoms with van der Waals surface area (Å²) < 4.78 is 16.4. The van der Waals surface area contributed by atoms with E-state index in [4.69, 9.17) is 25.8 Å². The molecule has 117 valence electrons. The number of fused-ring (bicyclic) bond motifs is 1. The van der Waals surface area contributed by atoms with Gasteiger partial charge in [-0.25, -0.2) is 6.08 Å². The van der Waals surface area contributed by atoms with Crippen molar-refractivity contribution in [1.82, 2.24) is 0 Å². The molecular weight excluding hydrogens is 381 g/mol. The Labute approximate surface area is 161 Å². The van der Waals surface area contributed by atoms with Crippen LogP contribution < -0.4 is 14.2 Å². The minimum atomic E-state index is -1.22. The summed E-state index contributed by atoms with van der Waals surface area (Å²) >= 11 is 6.27. The summed E-state index contributed by atoms with van der Waals surface area (Å²) in [5.74, 6) is 0.438. The zero-order valence-corrected chi connectivity index (χ0v) is 16.6. The number of ketones is 1. The molecular formula is C16H17ClO4Y-2. The number of carbonyl (C=O) groups excluding carboxylic acids is 1. The summed E-state index contributed by atoms with van der Waals surface area (Å²) in [6.07, 6.45) is 4.44. The maximum atomic E-state index is 12.9. The van der Waals surface area contributed by atoms with Gasteiger partial charge in [0.15, 0.2) is 5.75 Å². The number of ether oxygens (including phenoxy) is 3. The smallest absolute Gasteiger partial charge is 0.212 e. The van der Waals surface area contributed by atoms with Crippen LogP contribution in [-0.4, -0.2) is 25.6 Å². The van der Waals surface area contributed by atoms with Crippen molar-refractivity contribution in [3.8, 4) is 17.2 Å². The Morgan fingerprint density at radius 2 is 2.00 bits per heavy atom. The van der Waals surface area contributed by atoms with Gasteiger partial charge < -0.3 is 27.2 Å². The average molecular weight is 398 g/mol.